The van der Waals surface area contributed by atoms with Crippen LogP contribution in [-0.2, 0) is 16.6 Å². The van der Waals surface area contributed by atoms with Crippen LogP contribution in [0.25, 0.3) is 10.9 Å². The van der Waals surface area contributed by atoms with Gasteiger partial charge in [0.1, 0.15) is 5.75 Å². The fourth-order valence-electron chi connectivity index (χ4n) is 3.01. The number of nitrogens with zero attached hydrogens (tertiary/aromatic N) is 2. The lowest BCUT2D eigenvalue weighted by Crippen LogP contribution is -2.24. The molecule has 0 unspecified atom stereocenters. The lowest BCUT2D eigenvalue weighted by atomic mass is 10.1. The van der Waals surface area contributed by atoms with Gasteiger partial charge >= 0.3 is 5.97 Å². The second kappa shape index (κ2) is 9.58. The van der Waals surface area contributed by atoms with Gasteiger partial charge in [0.2, 0.25) is 0 Å². The number of hydrogen-bond donors (Lipinski definition) is 1. The molecule has 3 rings (SSSR count). The molecule has 0 bridgehead atoms. The third-order valence-electron chi connectivity index (χ3n) is 4.59. The van der Waals surface area contributed by atoms with Crippen molar-refractivity contribution in [3.8, 4) is 5.75 Å². The van der Waals surface area contributed by atoms with Gasteiger partial charge in [0.15, 0.2) is 6.61 Å². The van der Waals surface area contributed by atoms with Gasteiger partial charge in [-0.25, -0.2) is 10.2 Å². The molecule has 156 valence electrons. The molecule has 0 spiro atoms. The summed E-state index contributed by atoms with van der Waals surface area (Å²) in [5.41, 5.74) is 5.48. The zero-order valence-electron chi connectivity index (χ0n) is 16.9. The summed E-state index contributed by atoms with van der Waals surface area (Å²) in [4.78, 5) is 24.4. The normalized spacial score (nSPS) is 11.1. The van der Waals surface area contributed by atoms with Crippen molar-refractivity contribution in [3.63, 3.8) is 0 Å². The summed E-state index contributed by atoms with van der Waals surface area (Å²) in [7, 11) is 1.89. The highest BCUT2D eigenvalue weighted by Crippen LogP contribution is 2.29. The Kier molecular flexibility index (Phi) is 6.89. The number of ether oxygens (including phenoxy) is 2. The third kappa shape index (κ3) is 4.88. The van der Waals surface area contributed by atoms with Gasteiger partial charge in [0.25, 0.3) is 5.91 Å². The van der Waals surface area contributed by atoms with Gasteiger partial charge in [0.05, 0.1) is 18.4 Å². The third-order valence-corrected chi connectivity index (χ3v) is 5.11. The molecule has 0 radical (unpaired) electrons. The molecular weight excluding hydrogens is 450 g/mol. The number of halogens is 1. The van der Waals surface area contributed by atoms with Gasteiger partial charge in [-0.05, 0) is 49.7 Å². The Morgan fingerprint density at radius 3 is 2.63 bits per heavy atom. The fraction of sp³-hybridized carbons (Fsp3) is 0.227. The van der Waals surface area contributed by atoms with Crippen molar-refractivity contribution in [3.05, 3.63) is 63.8 Å². The Labute approximate surface area is 182 Å². The van der Waals surface area contributed by atoms with Crippen LogP contribution < -0.4 is 10.2 Å². The van der Waals surface area contributed by atoms with E-state index in [-0.39, 0.29) is 12.6 Å². The van der Waals surface area contributed by atoms with E-state index < -0.39 is 5.91 Å². The summed E-state index contributed by atoms with van der Waals surface area (Å²) < 4.78 is 13.7. The molecule has 2 aromatic carbocycles. The highest BCUT2D eigenvalue weighted by atomic mass is 79.9. The quantitative estimate of drug-likeness (QED) is 0.321. The first-order valence-electron chi connectivity index (χ1n) is 9.37. The van der Waals surface area contributed by atoms with E-state index in [2.05, 4.69) is 26.5 Å². The van der Waals surface area contributed by atoms with E-state index in [4.69, 9.17) is 9.47 Å². The maximum atomic E-state index is 12.4. The molecule has 1 amide bonds. The zero-order chi connectivity index (χ0) is 21.7. The molecular formula is C22H22BrN3O4. The van der Waals surface area contributed by atoms with Crippen LogP contribution in [0.1, 0.15) is 28.5 Å². The van der Waals surface area contributed by atoms with E-state index in [9.17, 15) is 9.59 Å². The number of rotatable bonds is 7. The predicted molar refractivity (Wildman–Crippen MR) is 119 cm³/mol. The lowest BCUT2D eigenvalue weighted by molar-refractivity contribution is -0.123. The Morgan fingerprint density at radius 1 is 1.20 bits per heavy atom. The monoisotopic (exact) mass is 471 g/mol. The van der Waals surface area contributed by atoms with Crippen molar-refractivity contribution < 1.29 is 19.1 Å². The average molecular weight is 472 g/mol. The predicted octanol–water partition coefficient (Wildman–Crippen LogP) is 3.96. The lowest BCUT2D eigenvalue weighted by Gasteiger charge is -2.06. The van der Waals surface area contributed by atoms with E-state index >= 15 is 0 Å². The summed E-state index contributed by atoms with van der Waals surface area (Å²) in [6.07, 6.45) is 1.55. The number of carbonyl (C=O) groups is 2. The van der Waals surface area contributed by atoms with Crippen molar-refractivity contribution in [1.29, 1.82) is 0 Å². The highest BCUT2D eigenvalue weighted by Gasteiger charge is 2.20. The molecule has 1 N–H and O–H groups in total. The van der Waals surface area contributed by atoms with Gasteiger partial charge in [-0.2, -0.15) is 5.10 Å². The summed E-state index contributed by atoms with van der Waals surface area (Å²) in [6, 6.07) is 12.9. The number of hydrazone groups is 1. The molecule has 0 aliphatic heterocycles. The Morgan fingerprint density at radius 2 is 1.93 bits per heavy atom. The second-order valence-electron chi connectivity index (χ2n) is 6.55. The van der Waals surface area contributed by atoms with Crippen LogP contribution in [0, 0.1) is 6.92 Å². The number of fused-ring (bicyclic) bond motifs is 1. The first-order valence-corrected chi connectivity index (χ1v) is 10.2. The first kappa shape index (κ1) is 21.6. The number of nitrogens with one attached hydrogen (secondary N) is 1. The van der Waals surface area contributed by atoms with Crippen molar-refractivity contribution in [1.82, 2.24) is 9.99 Å². The molecule has 0 atom stereocenters. The van der Waals surface area contributed by atoms with Gasteiger partial charge < -0.3 is 14.0 Å². The van der Waals surface area contributed by atoms with E-state index in [1.165, 1.54) is 0 Å². The summed E-state index contributed by atoms with van der Waals surface area (Å²) >= 11 is 3.36. The second-order valence-corrected chi connectivity index (χ2v) is 7.47. The Balaban J connectivity index is 1.67. The van der Waals surface area contributed by atoms with Crippen LogP contribution in [-0.4, -0.2) is 35.9 Å². The van der Waals surface area contributed by atoms with Crippen LogP contribution in [0.3, 0.4) is 0 Å². The standard InChI is InChI=1S/C22H22BrN3O4/c1-4-29-22(28)21-14(2)26(3)19-10-9-17(11-18(19)21)30-13-20(27)25-24-12-15-5-7-16(23)8-6-15/h5-12H,4,13H2,1-3H3,(H,25,27)/b24-12+. The minimum absolute atomic E-state index is 0.205. The maximum Gasteiger partial charge on any atom is 0.340 e. The molecule has 1 aromatic heterocycles. The molecule has 8 heteroatoms. The molecule has 1 heterocycles. The molecule has 0 fully saturated rings. The fourth-order valence-corrected chi connectivity index (χ4v) is 3.28. The Bertz CT molecular complexity index is 1100. The van der Waals surface area contributed by atoms with Crippen LogP contribution in [0.2, 0.25) is 0 Å². The van der Waals surface area contributed by atoms with Gasteiger partial charge in [-0.1, -0.05) is 28.1 Å². The molecule has 7 nitrogen and oxygen atoms in total. The smallest absolute Gasteiger partial charge is 0.340 e. The number of amides is 1. The maximum absolute atomic E-state index is 12.4. The van der Waals surface area contributed by atoms with Crippen LogP contribution in [0.15, 0.2) is 52.0 Å². The van der Waals surface area contributed by atoms with Crippen molar-refractivity contribution in [2.75, 3.05) is 13.2 Å². The summed E-state index contributed by atoms with van der Waals surface area (Å²) in [5.74, 6) is -0.290. The number of esters is 1. The summed E-state index contributed by atoms with van der Waals surface area (Å²) in [5, 5.41) is 4.64. The largest absolute Gasteiger partial charge is 0.484 e. The number of aromatic nitrogens is 1. The molecule has 0 aliphatic rings. The zero-order valence-corrected chi connectivity index (χ0v) is 18.5. The minimum Gasteiger partial charge on any atom is -0.484 e. The van der Waals surface area contributed by atoms with Crippen LogP contribution >= 0.6 is 15.9 Å². The number of hydrogen-bond acceptors (Lipinski definition) is 5. The number of carbonyl (C=O) groups excluding carboxylic acids is 2. The highest BCUT2D eigenvalue weighted by molar-refractivity contribution is 9.10. The minimum atomic E-state index is -0.390. The van der Waals surface area contributed by atoms with Crippen molar-refractivity contribution >= 4 is 44.9 Å². The number of aryl methyl sites for hydroxylation is 1. The molecule has 0 saturated carbocycles. The van der Waals surface area contributed by atoms with Crippen molar-refractivity contribution in [2.45, 2.75) is 13.8 Å². The molecule has 0 aliphatic carbocycles. The topological polar surface area (TPSA) is 81.9 Å². The van der Waals surface area contributed by atoms with Gasteiger partial charge in [0, 0.05) is 28.1 Å². The molecule has 3 aromatic rings. The van der Waals surface area contributed by atoms with Gasteiger partial charge in [-0.15, -0.1) is 0 Å². The van der Waals surface area contributed by atoms with Crippen LogP contribution in [0.4, 0.5) is 0 Å². The first-order chi connectivity index (χ1) is 14.4. The number of benzene rings is 2. The average Bonchev–Trinajstić information content (AvgIpc) is 2.98. The van der Waals surface area contributed by atoms with Crippen molar-refractivity contribution in [2.24, 2.45) is 12.1 Å². The summed E-state index contributed by atoms with van der Waals surface area (Å²) in [6.45, 7) is 3.73. The van der Waals surface area contributed by atoms with E-state index in [1.807, 2.05) is 48.9 Å². The Hall–Kier alpha value is -3.13. The van der Waals surface area contributed by atoms with E-state index in [0.29, 0.717) is 17.9 Å². The van der Waals surface area contributed by atoms with E-state index in [1.54, 1.807) is 25.3 Å². The molecule has 30 heavy (non-hydrogen) atoms. The van der Waals surface area contributed by atoms with E-state index in [0.717, 1.165) is 26.6 Å². The van der Waals surface area contributed by atoms with Gasteiger partial charge in [-0.3, -0.25) is 4.79 Å². The SMILES string of the molecule is CCOC(=O)c1c(C)n(C)c2ccc(OCC(=O)N/N=C/c3ccc(Br)cc3)cc12. The molecule has 0 saturated heterocycles. The van der Waals surface area contributed by atoms with Crippen LogP contribution in [0.5, 0.6) is 5.75 Å².